The lowest BCUT2D eigenvalue weighted by molar-refractivity contribution is -0.133. The lowest BCUT2D eigenvalue weighted by Crippen LogP contribution is -2.50. The largest absolute Gasteiger partial charge is 0.384 e. The van der Waals surface area contributed by atoms with Crippen molar-refractivity contribution >= 4 is 11.7 Å². The summed E-state index contributed by atoms with van der Waals surface area (Å²) in [7, 11) is 1.70. The summed E-state index contributed by atoms with van der Waals surface area (Å²) in [6.45, 7) is 7.03. The second-order valence-corrected chi connectivity index (χ2v) is 5.08. The van der Waals surface area contributed by atoms with Crippen molar-refractivity contribution in [2.45, 2.75) is 13.5 Å². The van der Waals surface area contributed by atoms with Gasteiger partial charge in [-0.05, 0) is 6.92 Å². The number of hydrogen-bond acceptors (Lipinski definition) is 5. The number of methoxy groups -OCH3 is 1. The molecule has 2 N–H and O–H groups in total. The molecule has 2 heterocycles. The van der Waals surface area contributed by atoms with E-state index >= 15 is 0 Å². The highest BCUT2D eigenvalue weighted by Gasteiger charge is 2.21. The van der Waals surface area contributed by atoms with Crippen molar-refractivity contribution in [3.8, 4) is 0 Å². The van der Waals surface area contributed by atoms with Gasteiger partial charge >= 0.3 is 0 Å². The van der Waals surface area contributed by atoms with E-state index in [2.05, 4.69) is 10.00 Å². The van der Waals surface area contributed by atoms with Crippen LogP contribution in [-0.2, 0) is 16.1 Å². The highest BCUT2D eigenvalue weighted by molar-refractivity contribution is 5.76. The molecule has 0 aromatic carbocycles. The van der Waals surface area contributed by atoms with Gasteiger partial charge in [0.05, 0.1) is 12.3 Å². The normalized spacial score (nSPS) is 16.6. The van der Waals surface area contributed by atoms with Crippen molar-refractivity contribution in [3.05, 3.63) is 11.8 Å². The molecule has 20 heavy (non-hydrogen) atoms. The van der Waals surface area contributed by atoms with Crippen LogP contribution >= 0.6 is 0 Å². The minimum Gasteiger partial charge on any atom is -0.384 e. The van der Waals surface area contributed by atoms with E-state index in [1.807, 2.05) is 11.8 Å². The van der Waals surface area contributed by atoms with Gasteiger partial charge in [0, 0.05) is 45.9 Å². The van der Waals surface area contributed by atoms with Gasteiger partial charge in [0.2, 0.25) is 5.91 Å². The number of rotatable bonds is 5. The second kappa shape index (κ2) is 6.71. The second-order valence-electron chi connectivity index (χ2n) is 5.08. The summed E-state index contributed by atoms with van der Waals surface area (Å²) < 4.78 is 6.63. The van der Waals surface area contributed by atoms with E-state index in [0.717, 1.165) is 45.0 Å². The molecule has 1 aromatic heterocycles. The molecule has 1 amide bonds. The Morgan fingerprint density at radius 1 is 1.40 bits per heavy atom. The van der Waals surface area contributed by atoms with Crippen LogP contribution in [0.15, 0.2) is 6.07 Å². The molecule has 0 unspecified atom stereocenters. The molecule has 112 valence electrons. The lowest BCUT2D eigenvalue weighted by atomic mass is 10.3. The van der Waals surface area contributed by atoms with E-state index in [1.165, 1.54) is 0 Å². The quantitative estimate of drug-likeness (QED) is 0.792. The van der Waals surface area contributed by atoms with Gasteiger partial charge in [0.15, 0.2) is 0 Å². The first kappa shape index (κ1) is 14.8. The molecule has 1 aromatic rings. The molecular formula is C13H23N5O2. The van der Waals surface area contributed by atoms with Crippen LogP contribution in [0.1, 0.15) is 5.69 Å². The van der Waals surface area contributed by atoms with E-state index in [1.54, 1.807) is 17.9 Å². The third-order valence-electron chi connectivity index (χ3n) is 3.55. The molecule has 1 fully saturated rings. The maximum Gasteiger partial charge on any atom is 0.244 e. The predicted molar refractivity (Wildman–Crippen MR) is 76.3 cm³/mol. The molecule has 7 nitrogen and oxygen atoms in total. The van der Waals surface area contributed by atoms with Gasteiger partial charge in [0.25, 0.3) is 0 Å². The molecule has 0 spiro atoms. The van der Waals surface area contributed by atoms with Crippen LogP contribution in [0.5, 0.6) is 0 Å². The maximum atomic E-state index is 12.2. The topological polar surface area (TPSA) is 76.6 Å². The Bertz CT molecular complexity index is 452. The van der Waals surface area contributed by atoms with Gasteiger partial charge in [-0.2, -0.15) is 5.10 Å². The molecule has 0 saturated carbocycles. The average Bonchev–Trinajstić information content (AvgIpc) is 2.75. The fourth-order valence-electron chi connectivity index (χ4n) is 2.36. The average molecular weight is 281 g/mol. The number of anilines is 1. The van der Waals surface area contributed by atoms with Crippen LogP contribution in [-0.4, -0.2) is 71.9 Å². The molecule has 2 rings (SSSR count). The fraction of sp³-hybridized carbons (Fsp3) is 0.692. The lowest BCUT2D eigenvalue weighted by Gasteiger charge is -2.34. The van der Waals surface area contributed by atoms with Crippen LogP contribution in [0.4, 0.5) is 5.82 Å². The van der Waals surface area contributed by atoms with Crippen molar-refractivity contribution in [1.29, 1.82) is 0 Å². The summed E-state index contributed by atoms with van der Waals surface area (Å²) in [5.74, 6) is 0.612. The van der Waals surface area contributed by atoms with Gasteiger partial charge in [-0.25, -0.2) is 4.68 Å². The number of hydrogen-bond donors (Lipinski definition) is 1. The number of nitrogens with zero attached hydrogens (tertiary/aromatic N) is 4. The van der Waals surface area contributed by atoms with Crippen LogP contribution in [0.2, 0.25) is 0 Å². The Morgan fingerprint density at radius 2 is 2.10 bits per heavy atom. The number of carbonyl (C=O) groups is 1. The van der Waals surface area contributed by atoms with Gasteiger partial charge in [-0.15, -0.1) is 0 Å². The Kier molecular flexibility index (Phi) is 4.97. The summed E-state index contributed by atoms with van der Waals surface area (Å²) >= 11 is 0. The van der Waals surface area contributed by atoms with Gasteiger partial charge < -0.3 is 15.4 Å². The summed E-state index contributed by atoms with van der Waals surface area (Å²) in [6.07, 6.45) is 0. The number of ether oxygens (including phenoxy) is 1. The standard InChI is InChI=1S/C13H23N5O2/c1-11-9-12(14)18(15-11)10-13(19)17-5-3-16(4-6-17)7-8-20-2/h9H,3-8,10,14H2,1-2H3. The van der Waals surface area contributed by atoms with Crippen molar-refractivity contribution in [3.63, 3.8) is 0 Å². The number of carbonyl (C=O) groups excluding carboxylic acids is 1. The van der Waals surface area contributed by atoms with E-state index in [0.29, 0.717) is 5.82 Å². The molecule has 0 aliphatic carbocycles. The summed E-state index contributed by atoms with van der Waals surface area (Å²) in [4.78, 5) is 16.4. The van der Waals surface area contributed by atoms with Gasteiger partial charge in [-0.3, -0.25) is 9.69 Å². The van der Waals surface area contributed by atoms with Crippen LogP contribution in [0, 0.1) is 6.92 Å². The van der Waals surface area contributed by atoms with Crippen LogP contribution in [0.3, 0.4) is 0 Å². The minimum atomic E-state index is 0.0752. The highest BCUT2D eigenvalue weighted by Crippen LogP contribution is 2.07. The molecule has 0 radical (unpaired) electrons. The third kappa shape index (κ3) is 3.71. The summed E-state index contributed by atoms with van der Waals surface area (Å²) in [6, 6.07) is 1.77. The third-order valence-corrected chi connectivity index (χ3v) is 3.55. The number of aryl methyl sites for hydroxylation is 1. The zero-order valence-corrected chi connectivity index (χ0v) is 12.2. The van der Waals surface area contributed by atoms with Crippen LogP contribution < -0.4 is 5.73 Å². The first-order valence-electron chi connectivity index (χ1n) is 6.89. The smallest absolute Gasteiger partial charge is 0.244 e. The van der Waals surface area contributed by atoms with Crippen molar-refractivity contribution in [1.82, 2.24) is 19.6 Å². The van der Waals surface area contributed by atoms with Crippen molar-refractivity contribution in [2.75, 3.05) is 52.2 Å². The monoisotopic (exact) mass is 281 g/mol. The molecule has 1 aliphatic rings. The zero-order valence-electron chi connectivity index (χ0n) is 12.2. The van der Waals surface area contributed by atoms with Gasteiger partial charge in [0.1, 0.15) is 12.4 Å². The van der Waals surface area contributed by atoms with E-state index in [-0.39, 0.29) is 12.5 Å². The molecule has 7 heteroatoms. The maximum absolute atomic E-state index is 12.2. The zero-order chi connectivity index (χ0) is 14.5. The van der Waals surface area contributed by atoms with Gasteiger partial charge in [-0.1, -0.05) is 0 Å². The number of amides is 1. The SMILES string of the molecule is COCCN1CCN(C(=O)Cn2nc(C)cc2N)CC1. The number of nitrogens with two attached hydrogens (primary N) is 1. The molecule has 1 saturated heterocycles. The first-order chi connectivity index (χ1) is 9.60. The Hall–Kier alpha value is -1.60. The Morgan fingerprint density at radius 3 is 2.65 bits per heavy atom. The predicted octanol–water partition coefficient (Wildman–Crippen LogP) is -0.436. The summed E-state index contributed by atoms with van der Waals surface area (Å²) in [5.41, 5.74) is 6.64. The molecule has 0 bridgehead atoms. The van der Waals surface area contributed by atoms with Crippen LogP contribution in [0.25, 0.3) is 0 Å². The molecular weight excluding hydrogens is 258 g/mol. The Labute approximate surface area is 119 Å². The number of aromatic nitrogens is 2. The minimum absolute atomic E-state index is 0.0752. The number of nitrogen functional groups attached to an aromatic ring is 1. The number of piperazine rings is 1. The Balaban J connectivity index is 1.81. The molecule has 1 aliphatic heterocycles. The van der Waals surface area contributed by atoms with E-state index < -0.39 is 0 Å². The van der Waals surface area contributed by atoms with Crippen molar-refractivity contribution in [2.24, 2.45) is 0 Å². The summed E-state index contributed by atoms with van der Waals surface area (Å²) in [5, 5.41) is 4.22. The molecule has 0 atom stereocenters. The van der Waals surface area contributed by atoms with Crippen molar-refractivity contribution < 1.29 is 9.53 Å². The van der Waals surface area contributed by atoms with E-state index in [9.17, 15) is 4.79 Å². The highest BCUT2D eigenvalue weighted by atomic mass is 16.5. The fourth-order valence-corrected chi connectivity index (χ4v) is 2.36. The van der Waals surface area contributed by atoms with E-state index in [4.69, 9.17) is 10.5 Å². The first-order valence-corrected chi connectivity index (χ1v) is 6.89.